The third kappa shape index (κ3) is 3.82. The number of benzene rings is 1. The fourth-order valence-electron chi connectivity index (χ4n) is 2.29. The summed E-state index contributed by atoms with van der Waals surface area (Å²) in [5.41, 5.74) is 0.863. The third-order valence-electron chi connectivity index (χ3n) is 3.38. The molecule has 4 nitrogen and oxygen atoms in total. The lowest BCUT2D eigenvalue weighted by molar-refractivity contribution is 0.489. The zero-order chi connectivity index (χ0) is 17.1. The van der Waals surface area contributed by atoms with Crippen molar-refractivity contribution in [2.24, 2.45) is 5.92 Å². The second-order valence-electron chi connectivity index (χ2n) is 5.81. The first-order chi connectivity index (χ1) is 11.5. The van der Waals surface area contributed by atoms with Crippen LogP contribution in [0.15, 0.2) is 46.2 Å². The van der Waals surface area contributed by atoms with E-state index in [1.54, 1.807) is 12.3 Å². The van der Waals surface area contributed by atoms with Crippen molar-refractivity contribution in [1.29, 1.82) is 0 Å². The van der Waals surface area contributed by atoms with E-state index in [9.17, 15) is 4.39 Å². The fourth-order valence-corrected chi connectivity index (χ4v) is 3.56. The summed E-state index contributed by atoms with van der Waals surface area (Å²) in [4.78, 5) is 0. The topological polar surface area (TPSA) is 43.9 Å². The molecule has 0 aliphatic carbocycles. The highest BCUT2D eigenvalue weighted by atomic mass is 35.5. The average Bonchev–Trinajstić information content (AvgIpc) is 3.16. The van der Waals surface area contributed by atoms with Gasteiger partial charge in [-0.15, -0.1) is 10.2 Å². The van der Waals surface area contributed by atoms with E-state index < -0.39 is 0 Å². The van der Waals surface area contributed by atoms with Gasteiger partial charge in [0.2, 0.25) is 0 Å². The maximum Gasteiger partial charge on any atom is 0.200 e. The van der Waals surface area contributed by atoms with Gasteiger partial charge in [-0.05, 0) is 35.7 Å². The largest absolute Gasteiger partial charge is 0.461 e. The SMILES string of the molecule is CC(C)Cn1c(SCc2ccc(F)cc2Cl)nnc1-c1ccco1. The molecule has 0 amide bonds. The predicted octanol–water partition coefficient (Wildman–Crippen LogP) is 5.28. The van der Waals surface area contributed by atoms with Gasteiger partial charge < -0.3 is 4.42 Å². The molecular weight excluding hydrogens is 349 g/mol. The standard InChI is InChI=1S/C17H17ClFN3OS/c1-11(2)9-22-16(15-4-3-7-23-15)20-21-17(22)24-10-12-5-6-13(19)8-14(12)18/h3-8,11H,9-10H2,1-2H3. The first-order valence-electron chi connectivity index (χ1n) is 7.58. The minimum Gasteiger partial charge on any atom is -0.461 e. The number of rotatable bonds is 6. The van der Waals surface area contributed by atoms with E-state index in [1.807, 2.05) is 16.7 Å². The number of halogens is 2. The normalized spacial score (nSPS) is 11.4. The number of thioether (sulfide) groups is 1. The van der Waals surface area contributed by atoms with Crippen molar-refractivity contribution >= 4 is 23.4 Å². The van der Waals surface area contributed by atoms with Gasteiger partial charge in [0.1, 0.15) is 5.82 Å². The van der Waals surface area contributed by atoms with Gasteiger partial charge in [0.25, 0.3) is 0 Å². The van der Waals surface area contributed by atoms with Crippen LogP contribution < -0.4 is 0 Å². The molecular formula is C17H17ClFN3OS. The summed E-state index contributed by atoms with van der Waals surface area (Å²) < 4.78 is 20.7. The van der Waals surface area contributed by atoms with Gasteiger partial charge in [-0.2, -0.15) is 0 Å². The van der Waals surface area contributed by atoms with E-state index in [-0.39, 0.29) is 5.82 Å². The molecule has 3 aromatic rings. The van der Waals surface area contributed by atoms with Gasteiger partial charge in [-0.1, -0.05) is 43.3 Å². The lowest BCUT2D eigenvalue weighted by Crippen LogP contribution is -2.07. The van der Waals surface area contributed by atoms with Crippen LogP contribution in [-0.2, 0) is 12.3 Å². The molecule has 126 valence electrons. The van der Waals surface area contributed by atoms with Crippen LogP contribution in [0.1, 0.15) is 19.4 Å². The summed E-state index contributed by atoms with van der Waals surface area (Å²) >= 11 is 7.62. The summed E-state index contributed by atoms with van der Waals surface area (Å²) in [5.74, 6) is 2.09. The van der Waals surface area contributed by atoms with Crippen LogP contribution in [0.25, 0.3) is 11.6 Å². The van der Waals surface area contributed by atoms with Crippen molar-refractivity contribution in [3.8, 4) is 11.6 Å². The number of aromatic nitrogens is 3. The molecule has 1 aromatic carbocycles. The van der Waals surface area contributed by atoms with Crippen LogP contribution >= 0.6 is 23.4 Å². The monoisotopic (exact) mass is 365 g/mol. The number of furan rings is 1. The van der Waals surface area contributed by atoms with Gasteiger partial charge in [-0.25, -0.2) is 4.39 Å². The quantitative estimate of drug-likeness (QED) is 0.557. The Morgan fingerprint density at radius 3 is 2.79 bits per heavy atom. The van der Waals surface area contributed by atoms with Crippen LogP contribution in [0.4, 0.5) is 4.39 Å². The van der Waals surface area contributed by atoms with E-state index >= 15 is 0 Å². The molecule has 0 aliphatic rings. The zero-order valence-electron chi connectivity index (χ0n) is 13.4. The van der Waals surface area contributed by atoms with Gasteiger partial charge in [0.15, 0.2) is 16.7 Å². The smallest absolute Gasteiger partial charge is 0.200 e. The van der Waals surface area contributed by atoms with E-state index in [4.69, 9.17) is 16.0 Å². The molecule has 0 saturated heterocycles. The first-order valence-corrected chi connectivity index (χ1v) is 8.94. The van der Waals surface area contributed by atoms with Gasteiger partial charge >= 0.3 is 0 Å². The predicted molar refractivity (Wildman–Crippen MR) is 93.5 cm³/mol. The Labute approximate surface area is 149 Å². The van der Waals surface area contributed by atoms with Crippen molar-refractivity contribution < 1.29 is 8.81 Å². The highest BCUT2D eigenvalue weighted by Crippen LogP contribution is 2.29. The summed E-state index contributed by atoms with van der Waals surface area (Å²) in [5, 5.41) is 9.76. The van der Waals surface area contributed by atoms with Gasteiger partial charge in [0.05, 0.1) is 6.26 Å². The second-order valence-corrected chi connectivity index (χ2v) is 7.16. The highest BCUT2D eigenvalue weighted by Gasteiger charge is 2.17. The summed E-state index contributed by atoms with van der Waals surface area (Å²) in [6.45, 7) is 5.05. The Morgan fingerprint density at radius 1 is 1.29 bits per heavy atom. The van der Waals surface area contributed by atoms with Gasteiger partial charge in [-0.3, -0.25) is 4.57 Å². The molecule has 0 N–H and O–H groups in total. The van der Waals surface area contributed by atoms with Crippen molar-refractivity contribution in [2.75, 3.05) is 0 Å². The minimum atomic E-state index is -0.336. The molecule has 3 rings (SSSR count). The molecule has 0 unspecified atom stereocenters. The molecule has 0 bridgehead atoms. The number of hydrogen-bond acceptors (Lipinski definition) is 4. The molecule has 0 aliphatic heterocycles. The second kappa shape index (κ2) is 7.40. The fraction of sp³-hybridized carbons (Fsp3) is 0.294. The molecule has 0 fully saturated rings. The summed E-state index contributed by atoms with van der Waals surface area (Å²) in [6.07, 6.45) is 1.62. The molecule has 0 spiro atoms. The van der Waals surface area contributed by atoms with Crippen LogP contribution in [0, 0.1) is 11.7 Å². The lowest BCUT2D eigenvalue weighted by atomic mass is 10.2. The Hall–Kier alpha value is -1.79. The molecule has 0 atom stereocenters. The molecule has 2 aromatic heterocycles. The van der Waals surface area contributed by atoms with Gasteiger partial charge in [0, 0.05) is 17.3 Å². The lowest BCUT2D eigenvalue weighted by Gasteiger charge is -2.11. The maximum absolute atomic E-state index is 13.2. The van der Waals surface area contributed by atoms with Crippen LogP contribution in [0.2, 0.25) is 5.02 Å². The number of hydrogen-bond donors (Lipinski definition) is 0. The minimum absolute atomic E-state index is 0.336. The van der Waals surface area contributed by atoms with Crippen LogP contribution in [-0.4, -0.2) is 14.8 Å². The van der Waals surface area contributed by atoms with Crippen LogP contribution in [0.5, 0.6) is 0 Å². The van der Waals surface area contributed by atoms with Crippen molar-refractivity contribution in [1.82, 2.24) is 14.8 Å². The van der Waals surface area contributed by atoms with Crippen molar-refractivity contribution in [3.05, 3.63) is 53.0 Å². The number of nitrogens with zero attached hydrogens (tertiary/aromatic N) is 3. The molecule has 2 heterocycles. The highest BCUT2D eigenvalue weighted by molar-refractivity contribution is 7.98. The summed E-state index contributed by atoms with van der Waals surface area (Å²) in [6, 6.07) is 8.13. The van der Waals surface area contributed by atoms with Crippen LogP contribution in [0.3, 0.4) is 0 Å². The summed E-state index contributed by atoms with van der Waals surface area (Å²) in [7, 11) is 0. The average molecular weight is 366 g/mol. The molecule has 0 saturated carbocycles. The Bertz CT molecular complexity index is 817. The zero-order valence-corrected chi connectivity index (χ0v) is 14.9. The Kier molecular flexibility index (Phi) is 5.26. The van der Waals surface area contributed by atoms with E-state index in [0.717, 1.165) is 17.3 Å². The Balaban J connectivity index is 1.85. The first kappa shape index (κ1) is 17.0. The maximum atomic E-state index is 13.2. The van der Waals surface area contributed by atoms with Crippen molar-refractivity contribution in [3.63, 3.8) is 0 Å². The Morgan fingerprint density at radius 2 is 2.12 bits per heavy atom. The molecule has 7 heteroatoms. The van der Waals surface area contributed by atoms with E-state index in [0.29, 0.717) is 28.3 Å². The van der Waals surface area contributed by atoms with E-state index in [1.165, 1.54) is 23.9 Å². The third-order valence-corrected chi connectivity index (χ3v) is 4.75. The molecule has 24 heavy (non-hydrogen) atoms. The van der Waals surface area contributed by atoms with Crippen molar-refractivity contribution in [2.45, 2.75) is 31.3 Å². The van der Waals surface area contributed by atoms with E-state index in [2.05, 4.69) is 24.0 Å². The molecule has 0 radical (unpaired) electrons.